The maximum absolute atomic E-state index is 12.9. The predicted octanol–water partition coefficient (Wildman–Crippen LogP) is 3.45. The Balaban J connectivity index is 2.70. The van der Waals surface area contributed by atoms with Gasteiger partial charge in [0.05, 0.1) is 15.4 Å². The van der Waals surface area contributed by atoms with Crippen molar-refractivity contribution in [2.24, 2.45) is 5.92 Å². The number of nitrogens with zero attached hydrogens (tertiary/aromatic N) is 3. The molecule has 0 aliphatic heterocycles. The maximum atomic E-state index is 12.9. The number of rotatable bonds is 7. The number of allylic oxidation sites excluding steroid dienone is 1. The van der Waals surface area contributed by atoms with Gasteiger partial charge in [0, 0.05) is 24.9 Å². The molecule has 0 bridgehead atoms. The molecule has 0 heterocycles. The zero-order valence-electron chi connectivity index (χ0n) is 12.6. The molecule has 134 valence electrons. The molecule has 1 saturated carbocycles. The summed E-state index contributed by atoms with van der Waals surface area (Å²) in [6.45, 7) is 0.122. The molecule has 0 radical (unpaired) electrons. The number of halogens is 3. The van der Waals surface area contributed by atoms with E-state index in [1.54, 1.807) is 0 Å². The molecule has 25 heavy (non-hydrogen) atoms. The smallest absolute Gasteiger partial charge is 0.336 e. The number of benzene rings is 1. The summed E-state index contributed by atoms with van der Waals surface area (Å²) >= 11 is 0. The number of carbonyl (C=O) groups excluding carboxylic acids is 1. The van der Waals surface area contributed by atoms with E-state index in [1.807, 2.05) is 0 Å². The molecule has 0 atom stereocenters. The van der Waals surface area contributed by atoms with Crippen molar-refractivity contribution in [3.63, 3.8) is 0 Å². The van der Waals surface area contributed by atoms with E-state index in [0.29, 0.717) is 6.29 Å². The minimum absolute atomic E-state index is 0.0952. The molecule has 0 N–H and O–H groups in total. The molecule has 1 fully saturated rings. The second-order valence-corrected chi connectivity index (χ2v) is 5.45. The van der Waals surface area contributed by atoms with Crippen LogP contribution in [0.2, 0.25) is 0 Å². The zero-order chi connectivity index (χ0) is 18.8. The zero-order valence-corrected chi connectivity index (χ0v) is 12.6. The molecule has 11 heteroatoms. The summed E-state index contributed by atoms with van der Waals surface area (Å²) in [6, 6.07) is 0.522. The van der Waals surface area contributed by atoms with Gasteiger partial charge in [-0.3, -0.25) is 25.0 Å². The van der Waals surface area contributed by atoms with Crippen LogP contribution >= 0.6 is 0 Å². The number of nitro benzene ring substituents is 2. The molecule has 0 spiro atoms. The Bertz CT molecular complexity index is 709. The fraction of sp³-hybridized carbons (Fsp3) is 0.357. The van der Waals surface area contributed by atoms with Gasteiger partial charge in [-0.1, -0.05) is 0 Å². The van der Waals surface area contributed by atoms with Gasteiger partial charge in [-0.15, -0.1) is 0 Å². The van der Waals surface area contributed by atoms with Gasteiger partial charge >= 0.3 is 17.6 Å². The summed E-state index contributed by atoms with van der Waals surface area (Å²) in [5, 5.41) is 22.5. The number of nitro groups is 2. The lowest BCUT2D eigenvalue weighted by Gasteiger charge is -2.20. The number of carbonyl (C=O) groups is 1. The minimum atomic E-state index is -4.98. The molecule has 0 amide bonds. The molecule has 1 aliphatic rings. The van der Waals surface area contributed by atoms with Crippen molar-refractivity contribution in [1.29, 1.82) is 0 Å². The normalized spacial score (nSPS) is 14.5. The molecular weight excluding hydrogens is 347 g/mol. The van der Waals surface area contributed by atoms with E-state index in [4.69, 9.17) is 0 Å². The first-order valence-electron chi connectivity index (χ1n) is 7.07. The quantitative estimate of drug-likeness (QED) is 0.319. The monoisotopic (exact) mass is 359 g/mol. The second-order valence-electron chi connectivity index (χ2n) is 5.45. The molecule has 1 aromatic carbocycles. The first-order valence-corrected chi connectivity index (χ1v) is 7.07. The van der Waals surface area contributed by atoms with Crippen molar-refractivity contribution in [3.8, 4) is 0 Å². The van der Waals surface area contributed by atoms with Gasteiger partial charge in [0.15, 0.2) is 5.69 Å². The van der Waals surface area contributed by atoms with E-state index < -0.39 is 38.6 Å². The highest BCUT2D eigenvalue weighted by molar-refractivity contribution is 5.78. The Morgan fingerprint density at radius 1 is 1.16 bits per heavy atom. The van der Waals surface area contributed by atoms with E-state index >= 15 is 0 Å². The molecule has 1 aromatic rings. The fourth-order valence-corrected chi connectivity index (χ4v) is 2.28. The Morgan fingerprint density at radius 3 is 2.04 bits per heavy atom. The molecule has 1 aliphatic carbocycles. The Kier molecular flexibility index (Phi) is 5.04. The number of aldehydes is 1. The van der Waals surface area contributed by atoms with Crippen molar-refractivity contribution >= 4 is 23.3 Å². The topological polar surface area (TPSA) is 107 Å². The third-order valence-electron chi connectivity index (χ3n) is 3.57. The summed E-state index contributed by atoms with van der Waals surface area (Å²) in [4.78, 5) is 31.9. The van der Waals surface area contributed by atoms with Gasteiger partial charge in [-0.2, -0.15) is 13.2 Å². The van der Waals surface area contributed by atoms with Crippen LogP contribution in [0.4, 0.5) is 30.2 Å². The maximum Gasteiger partial charge on any atom is 0.416 e. The lowest BCUT2D eigenvalue weighted by molar-refractivity contribution is -0.393. The van der Waals surface area contributed by atoms with Gasteiger partial charge in [-0.25, -0.2) is 0 Å². The average molecular weight is 359 g/mol. The van der Waals surface area contributed by atoms with Crippen LogP contribution in [0.25, 0.3) is 0 Å². The summed E-state index contributed by atoms with van der Waals surface area (Å²) in [7, 11) is 0. The van der Waals surface area contributed by atoms with E-state index in [9.17, 15) is 38.2 Å². The highest BCUT2D eigenvalue weighted by Gasteiger charge is 2.39. The third kappa shape index (κ3) is 4.31. The van der Waals surface area contributed by atoms with Crippen molar-refractivity contribution in [2.45, 2.75) is 19.0 Å². The average Bonchev–Trinajstić information content (AvgIpc) is 3.33. The number of hydrogen-bond donors (Lipinski definition) is 0. The van der Waals surface area contributed by atoms with Crippen molar-refractivity contribution in [3.05, 3.63) is 50.2 Å². The van der Waals surface area contributed by atoms with Crippen LogP contribution in [0.15, 0.2) is 24.4 Å². The van der Waals surface area contributed by atoms with Crippen LogP contribution in [0.5, 0.6) is 0 Å². The van der Waals surface area contributed by atoms with Gasteiger partial charge in [0.2, 0.25) is 0 Å². The lowest BCUT2D eigenvalue weighted by atomic mass is 10.1. The van der Waals surface area contributed by atoms with Crippen LogP contribution in [0.3, 0.4) is 0 Å². The fourth-order valence-electron chi connectivity index (χ4n) is 2.28. The Labute approximate surface area is 138 Å². The Morgan fingerprint density at radius 2 is 1.68 bits per heavy atom. The van der Waals surface area contributed by atoms with Gasteiger partial charge in [0.1, 0.15) is 6.29 Å². The molecule has 2 rings (SSSR count). The standard InChI is InChI=1S/C14H12F3N3O5/c15-14(16,17)10-6-11(19(22)23)13(12(7-10)20(24)25)18(4-1-5-21)8-9-2-3-9/h1,4-7,9H,2-3,8H2/b4-1+. The number of alkyl halides is 3. The first kappa shape index (κ1) is 18.4. The van der Waals surface area contributed by atoms with Crippen LogP contribution < -0.4 is 4.90 Å². The van der Waals surface area contributed by atoms with E-state index in [-0.39, 0.29) is 24.6 Å². The SMILES string of the molecule is O=C/C=C/N(CC1CC1)c1c([N+](=O)[O-])cc(C(F)(F)F)cc1[N+](=O)[O-]. The lowest BCUT2D eigenvalue weighted by Crippen LogP contribution is -2.22. The number of anilines is 1. The molecule has 0 saturated heterocycles. The summed E-state index contributed by atoms with van der Waals surface area (Å²) in [5.74, 6) is 0.0952. The highest BCUT2D eigenvalue weighted by Crippen LogP contribution is 2.44. The summed E-state index contributed by atoms with van der Waals surface area (Å²) in [6.07, 6.45) is -0.988. The van der Waals surface area contributed by atoms with Crippen LogP contribution in [-0.4, -0.2) is 22.7 Å². The molecule has 0 aromatic heterocycles. The molecule has 0 unspecified atom stereocenters. The van der Waals surface area contributed by atoms with Crippen LogP contribution in [0.1, 0.15) is 18.4 Å². The van der Waals surface area contributed by atoms with E-state index in [2.05, 4.69) is 0 Å². The predicted molar refractivity (Wildman–Crippen MR) is 80.0 cm³/mol. The second kappa shape index (κ2) is 6.87. The highest BCUT2D eigenvalue weighted by atomic mass is 19.4. The van der Waals surface area contributed by atoms with Crippen LogP contribution in [-0.2, 0) is 11.0 Å². The van der Waals surface area contributed by atoms with E-state index in [0.717, 1.165) is 30.0 Å². The minimum Gasteiger partial charge on any atom is -0.336 e. The van der Waals surface area contributed by atoms with Crippen molar-refractivity contribution < 1.29 is 27.8 Å². The summed E-state index contributed by atoms with van der Waals surface area (Å²) in [5.41, 5.74) is -4.15. The first-order chi connectivity index (χ1) is 11.6. The van der Waals surface area contributed by atoms with Crippen molar-refractivity contribution in [1.82, 2.24) is 0 Å². The van der Waals surface area contributed by atoms with Gasteiger partial charge < -0.3 is 4.90 Å². The van der Waals surface area contributed by atoms with E-state index in [1.165, 1.54) is 0 Å². The number of hydrogen-bond acceptors (Lipinski definition) is 6. The van der Waals surface area contributed by atoms with Crippen LogP contribution in [0, 0.1) is 26.1 Å². The molecular formula is C14H12F3N3O5. The summed E-state index contributed by atoms with van der Waals surface area (Å²) < 4.78 is 38.7. The van der Waals surface area contributed by atoms with Gasteiger partial charge in [0.25, 0.3) is 0 Å². The Hall–Kier alpha value is -2.98. The molecule has 8 nitrogen and oxygen atoms in total. The van der Waals surface area contributed by atoms with Crippen molar-refractivity contribution in [2.75, 3.05) is 11.4 Å². The largest absolute Gasteiger partial charge is 0.416 e. The van der Waals surface area contributed by atoms with Gasteiger partial charge in [-0.05, 0) is 24.8 Å². The third-order valence-corrected chi connectivity index (χ3v) is 3.57.